The molecule has 0 radical (unpaired) electrons. The number of phenols is 2. The van der Waals surface area contributed by atoms with Gasteiger partial charge in [0, 0.05) is 5.54 Å². The van der Waals surface area contributed by atoms with Crippen LogP contribution in [0, 0.1) is 0 Å². The van der Waals surface area contributed by atoms with Gasteiger partial charge in [-0.3, -0.25) is 4.79 Å². The molecule has 0 bridgehead atoms. The smallest absolute Gasteiger partial charge is 0.237 e. The molecule has 0 heterocycles. The summed E-state index contributed by atoms with van der Waals surface area (Å²) in [4.78, 5) is 12.0. The number of carbonyl (C=O) groups is 1. The Labute approximate surface area is 119 Å². The molecule has 20 heavy (non-hydrogen) atoms. The summed E-state index contributed by atoms with van der Waals surface area (Å²) in [6, 6.07) is 3.75. The van der Waals surface area contributed by atoms with Crippen LogP contribution in [-0.2, 0) is 11.2 Å². The predicted molar refractivity (Wildman–Crippen MR) is 78.6 cm³/mol. The minimum atomic E-state index is -0.685. The second-order valence-electron chi connectivity index (χ2n) is 5.76. The first-order valence-electron chi connectivity index (χ1n) is 6.83. The number of amides is 1. The zero-order valence-electron chi connectivity index (χ0n) is 12.3. The Morgan fingerprint density at radius 1 is 1.35 bits per heavy atom. The molecule has 0 aliphatic rings. The highest BCUT2D eigenvalue weighted by molar-refractivity contribution is 5.82. The maximum atomic E-state index is 12.0. The predicted octanol–water partition coefficient (Wildman–Crippen LogP) is 1.66. The SMILES string of the molecule is CCCC(C)(C)NC(=O)[C@@H](N)Cc1ccc(O)c(O)c1. The van der Waals surface area contributed by atoms with Gasteiger partial charge in [0.15, 0.2) is 11.5 Å². The summed E-state index contributed by atoms with van der Waals surface area (Å²) in [5, 5.41) is 21.6. The Balaban J connectivity index is 2.63. The van der Waals surface area contributed by atoms with E-state index in [0.29, 0.717) is 12.0 Å². The fourth-order valence-corrected chi connectivity index (χ4v) is 2.16. The Kier molecular flexibility index (Phi) is 5.39. The number of nitrogens with two attached hydrogens (primary N) is 1. The molecule has 5 heteroatoms. The first kappa shape index (κ1) is 16.3. The van der Waals surface area contributed by atoms with Crippen molar-refractivity contribution in [1.29, 1.82) is 0 Å². The van der Waals surface area contributed by atoms with E-state index < -0.39 is 6.04 Å². The molecule has 1 aromatic rings. The highest BCUT2D eigenvalue weighted by Crippen LogP contribution is 2.25. The van der Waals surface area contributed by atoms with Crippen molar-refractivity contribution in [1.82, 2.24) is 5.32 Å². The molecule has 0 aromatic heterocycles. The van der Waals surface area contributed by atoms with Gasteiger partial charge in [0.2, 0.25) is 5.91 Å². The third-order valence-electron chi connectivity index (χ3n) is 3.17. The molecule has 0 aliphatic heterocycles. The van der Waals surface area contributed by atoms with Crippen LogP contribution in [0.4, 0.5) is 0 Å². The van der Waals surface area contributed by atoms with Gasteiger partial charge in [-0.05, 0) is 44.4 Å². The van der Waals surface area contributed by atoms with E-state index in [-0.39, 0.29) is 22.9 Å². The van der Waals surface area contributed by atoms with Crippen LogP contribution >= 0.6 is 0 Å². The third-order valence-corrected chi connectivity index (χ3v) is 3.17. The van der Waals surface area contributed by atoms with Gasteiger partial charge in [0.05, 0.1) is 6.04 Å². The number of nitrogens with one attached hydrogen (secondary N) is 1. The Morgan fingerprint density at radius 3 is 2.55 bits per heavy atom. The molecule has 1 rings (SSSR count). The minimum absolute atomic E-state index is 0.184. The molecule has 1 atom stereocenters. The number of hydrogen-bond acceptors (Lipinski definition) is 4. The van der Waals surface area contributed by atoms with Crippen molar-refractivity contribution in [3.8, 4) is 11.5 Å². The first-order chi connectivity index (χ1) is 9.25. The van der Waals surface area contributed by atoms with Crippen molar-refractivity contribution in [2.24, 2.45) is 5.73 Å². The van der Waals surface area contributed by atoms with Gasteiger partial charge in [0.25, 0.3) is 0 Å². The molecule has 0 saturated heterocycles. The Morgan fingerprint density at radius 2 is 2.00 bits per heavy atom. The summed E-state index contributed by atoms with van der Waals surface area (Å²) in [6.45, 7) is 5.99. The number of hydrogen-bond donors (Lipinski definition) is 4. The number of carbonyl (C=O) groups excluding carboxylic acids is 1. The van der Waals surface area contributed by atoms with Crippen LogP contribution in [0.25, 0.3) is 0 Å². The molecular formula is C15H24N2O3. The maximum absolute atomic E-state index is 12.0. The van der Waals surface area contributed by atoms with Gasteiger partial charge in [-0.25, -0.2) is 0 Å². The molecule has 112 valence electrons. The topological polar surface area (TPSA) is 95.6 Å². The molecule has 0 saturated carbocycles. The first-order valence-corrected chi connectivity index (χ1v) is 6.83. The van der Waals surface area contributed by atoms with Crippen LogP contribution in [0.15, 0.2) is 18.2 Å². The molecule has 0 spiro atoms. The maximum Gasteiger partial charge on any atom is 0.237 e. The van der Waals surface area contributed by atoms with E-state index in [2.05, 4.69) is 12.2 Å². The van der Waals surface area contributed by atoms with E-state index in [1.165, 1.54) is 12.1 Å². The molecule has 0 unspecified atom stereocenters. The van der Waals surface area contributed by atoms with Crippen molar-refractivity contribution in [3.63, 3.8) is 0 Å². The summed E-state index contributed by atoms with van der Waals surface area (Å²) in [6.07, 6.45) is 2.17. The van der Waals surface area contributed by atoms with Gasteiger partial charge in [-0.15, -0.1) is 0 Å². The van der Waals surface area contributed by atoms with Gasteiger partial charge in [0.1, 0.15) is 0 Å². The van der Waals surface area contributed by atoms with E-state index >= 15 is 0 Å². The summed E-state index contributed by atoms with van der Waals surface area (Å²) in [5.74, 6) is -0.603. The normalized spacial score (nSPS) is 13.0. The van der Waals surface area contributed by atoms with Crippen LogP contribution in [0.2, 0.25) is 0 Å². The molecule has 1 aromatic carbocycles. The number of rotatable bonds is 6. The highest BCUT2D eigenvalue weighted by atomic mass is 16.3. The average molecular weight is 280 g/mol. The lowest BCUT2D eigenvalue weighted by atomic mass is 9.97. The average Bonchev–Trinajstić information content (AvgIpc) is 2.33. The highest BCUT2D eigenvalue weighted by Gasteiger charge is 2.23. The van der Waals surface area contributed by atoms with Crippen LogP contribution in [-0.4, -0.2) is 27.7 Å². The van der Waals surface area contributed by atoms with Crippen molar-refractivity contribution >= 4 is 5.91 Å². The standard InChI is InChI=1S/C15H24N2O3/c1-4-7-15(2,3)17-14(20)11(16)8-10-5-6-12(18)13(19)9-10/h5-6,9,11,18-19H,4,7-8,16H2,1-3H3,(H,17,20)/t11-/m0/s1. The Bertz CT molecular complexity index is 472. The van der Waals surface area contributed by atoms with Crippen molar-refractivity contribution in [2.75, 3.05) is 0 Å². The van der Waals surface area contributed by atoms with E-state index in [9.17, 15) is 15.0 Å². The molecule has 5 N–H and O–H groups in total. The van der Waals surface area contributed by atoms with Crippen molar-refractivity contribution in [2.45, 2.75) is 51.6 Å². The molecule has 0 fully saturated rings. The van der Waals surface area contributed by atoms with Crippen LogP contribution in [0.3, 0.4) is 0 Å². The van der Waals surface area contributed by atoms with Gasteiger partial charge >= 0.3 is 0 Å². The summed E-state index contributed by atoms with van der Waals surface area (Å²) in [5.41, 5.74) is 6.31. The zero-order chi connectivity index (χ0) is 15.3. The lowest BCUT2D eigenvalue weighted by Crippen LogP contribution is -2.51. The number of phenolic OH excluding ortho intramolecular Hbond substituents is 2. The lowest BCUT2D eigenvalue weighted by Gasteiger charge is -2.27. The largest absolute Gasteiger partial charge is 0.504 e. The van der Waals surface area contributed by atoms with E-state index in [0.717, 1.165) is 12.8 Å². The fourth-order valence-electron chi connectivity index (χ4n) is 2.16. The number of benzene rings is 1. The molecule has 0 aliphatic carbocycles. The van der Waals surface area contributed by atoms with Crippen molar-refractivity contribution < 1.29 is 15.0 Å². The summed E-state index contributed by atoms with van der Waals surface area (Å²) >= 11 is 0. The fraction of sp³-hybridized carbons (Fsp3) is 0.533. The molecular weight excluding hydrogens is 256 g/mol. The van der Waals surface area contributed by atoms with Crippen molar-refractivity contribution in [3.05, 3.63) is 23.8 Å². The van der Waals surface area contributed by atoms with E-state index in [4.69, 9.17) is 5.73 Å². The van der Waals surface area contributed by atoms with Gasteiger partial charge < -0.3 is 21.3 Å². The lowest BCUT2D eigenvalue weighted by molar-refractivity contribution is -0.124. The number of aromatic hydroxyl groups is 2. The summed E-state index contributed by atoms with van der Waals surface area (Å²) < 4.78 is 0. The summed E-state index contributed by atoms with van der Waals surface area (Å²) in [7, 11) is 0. The minimum Gasteiger partial charge on any atom is -0.504 e. The second-order valence-corrected chi connectivity index (χ2v) is 5.76. The molecule has 1 amide bonds. The van der Waals surface area contributed by atoms with Crippen LogP contribution in [0.1, 0.15) is 39.2 Å². The van der Waals surface area contributed by atoms with Crippen LogP contribution in [0.5, 0.6) is 11.5 Å². The zero-order valence-corrected chi connectivity index (χ0v) is 12.3. The van der Waals surface area contributed by atoms with Gasteiger partial charge in [-0.2, -0.15) is 0 Å². The second kappa shape index (κ2) is 6.61. The quantitative estimate of drug-likeness (QED) is 0.596. The Hall–Kier alpha value is -1.75. The van der Waals surface area contributed by atoms with E-state index in [1.54, 1.807) is 6.07 Å². The van der Waals surface area contributed by atoms with E-state index in [1.807, 2.05) is 13.8 Å². The van der Waals surface area contributed by atoms with Gasteiger partial charge in [-0.1, -0.05) is 19.4 Å². The molecule has 5 nitrogen and oxygen atoms in total. The third kappa shape index (κ3) is 4.74. The monoisotopic (exact) mass is 280 g/mol. The van der Waals surface area contributed by atoms with Crippen LogP contribution < -0.4 is 11.1 Å².